The lowest BCUT2D eigenvalue weighted by molar-refractivity contribution is 0.0904. The molecule has 0 fully saturated rings. The minimum absolute atomic E-state index is 0.362. The van der Waals surface area contributed by atoms with Crippen molar-refractivity contribution in [1.29, 1.82) is 0 Å². The van der Waals surface area contributed by atoms with Crippen LogP contribution in [-0.2, 0) is 10.0 Å². The summed E-state index contributed by atoms with van der Waals surface area (Å²) in [4.78, 5) is 11.6. The van der Waals surface area contributed by atoms with E-state index in [0.717, 1.165) is 18.6 Å². The van der Waals surface area contributed by atoms with Gasteiger partial charge in [-0.05, 0) is 32.4 Å². The molecule has 0 radical (unpaired) electrons. The minimum atomic E-state index is -4.14. The van der Waals surface area contributed by atoms with Crippen LogP contribution in [0.25, 0.3) is 0 Å². The molecule has 0 saturated carbocycles. The molecule has 3 N–H and O–H groups in total. The molecule has 1 aromatic carbocycles. The average Bonchev–Trinajstić information content (AvgIpc) is 2.25. The van der Waals surface area contributed by atoms with E-state index < -0.39 is 37.7 Å². The van der Waals surface area contributed by atoms with Crippen molar-refractivity contribution in [3.63, 3.8) is 0 Å². The van der Waals surface area contributed by atoms with Gasteiger partial charge in [-0.25, -0.2) is 17.9 Å². The summed E-state index contributed by atoms with van der Waals surface area (Å²) < 4.78 is 36.6. The summed E-state index contributed by atoms with van der Waals surface area (Å²) in [5.41, 5.74) is -0.952. The molecule has 8 heteroatoms. The molecular formula is C13H18ClFN2O3S. The van der Waals surface area contributed by atoms with Crippen LogP contribution in [0, 0.1) is 5.82 Å². The Kier molecular flexibility index (Phi) is 5.35. The van der Waals surface area contributed by atoms with Gasteiger partial charge in [0.25, 0.3) is 5.91 Å². The number of nitrogens with one attached hydrogen (secondary N) is 1. The lowest BCUT2D eigenvalue weighted by atomic mass is 9.98. The maximum absolute atomic E-state index is 13.8. The standard InChI is InChI=1S/C13H18ClFN2O3S/c1-4-5-13(2,3)17-12(18)8-6-11(21(16,19)20)9(14)7-10(8)15/h6-7H,4-5H2,1-3H3,(H,17,18)(H2,16,19,20). The van der Waals surface area contributed by atoms with Gasteiger partial charge in [-0.15, -0.1) is 0 Å². The monoisotopic (exact) mass is 336 g/mol. The Balaban J connectivity index is 3.22. The number of benzene rings is 1. The maximum Gasteiger partial charge on any atom is 0.254 e. The van der Waals surface area contributed by atoms with Crippen LogP contribution in [0.5, 0.6) is 0 Å². The van der Waals surface area contributed by atoms with Crippen molar-refractivity contribution < 1.29 is 17.6 Å². The van der Waals surface area contributed by atoms with Crippen molar-refractivity contribution in [2.75, 3.05) is 0 Å². The molecular weight excluding hydrogens is 319 g/mol. The Morgan fingerprint density at radius 1 is 1.43 bits per heavy atom. The molecule has 1 amide bonds. The molecule has 0 aliphatic heterocycles. The molecule has 0 spiro atoms. The zero-order valence-corrected chi connectivity index (χ0v) is 13.6. The number of carbonyl (C=O) groups excluding carboxylic acids is 1. The number of rotatable bonds is 5. The molecule has 1 rings (SSSR count). The van der Waals surface area contributed by atoms with E-state index in [1.54, 1.807) is 13.8 Å². The second kappa shape index (κ2) is 6.29. The summed E-state index contributed by atoms with van der Waals surface area (Å²) in [7, 11) is -4.14. The zero-order chi connectivity index (χ0) is 16.4. The topological polar surface area (TPSA) is 89.3 Å². The number of sulfonamides is 1. The Morgan fingerprint density at radius 2 is 2.00 bits per heavy atom. The van der Waals surface area contributed by atoms with Gasteiger partial charge in [0.15, 0.2) is 0 Å². The number of halogens is 2. The van der Waals surface area contributed by atoms with Crippen LogP contribution < -0.4 is 10.5 Å². The molecule has 0 unspecified atom stereocenters. The molecule has 0 aliphatic carbocycles. The predicted octanol–water partition coefficient (Wildman–Crippen LogP) is 2.44. The first-order chi connectivity index (χ1) is 9.48. The maximum atomic E-state index is 13.8. The van der Waals surface area contributed by atoms with Crippen LogP contribution >= 0.6 is 11.6 Å². The van der Waals surface area contributed by atoms with Crippen LogP contribution in [0.1, 0.15) is 44.0 Å². The van der Waals surface area contributed by atoms with E-state index in [9.17, 15) is 17.6 Å². The van der Waals surface area contributed by atoms with Gasteiger partial charge in [0.1, 0.15) is 10.7 Å². The number of primary sulfonamides is 1. The van der Waals surface area contributed by atoms with Crippen LogP contribution in [0.2, 0.25) is 5.02 Å². The van der Waals surface area contributed by atoms with Crippen molar-refractivity contribution in [3.8, 4) is 0 Å². The highest BCUT2D eigenvalue weighted by atomic mass is 35.5. The average molecular weight is 337 g/mol. The molecule has 0 bridgehead atoms. The molecule has 0 saturated heterocycles. The predicted molar refractivity (Wildman–Crippen MR) is 79.2 cm³/mol. The lowest BCUT2D eigenvalue weighted by Gasteiger charge is -2.26. The third kappa shape index (κ3) is 4.66. The second-order valence-electron chi connectivity index (χ2n) is 5.40. The van der Waals surface area contributed by atoms with Crippen LogP contribution in [-0.4, -0.2) is 19.9 Å². The molecule has 1 aromatic rings. The van der Waals surface area contributed by atoms with Crippen molar-refractivity contribution in [1.82, 2.24) is 5.32 Å². The fourth-order valence-corrected chi connectivity index (χ4v) is 3.07. The number of carbonyl (C=O) groups is 1. The summed E-state index contributed by atoms with van der Waals surface area (Å²) in [6.07, 6.45) is 1.52. The van der Waals surface area contributed by atoms with Gasteiger partial charge in [0.05, 0.1) is 10.6 Å². The third-order valence-electron chi connectivity index (χ3n) is 2.90. The zero-order valence-electron chi connectivity index (χ0n) is 12.0. The smallest absolute Gasteiger partial charge is 0.254 e. The highest BCUT2D eigenvalue weighted by molar-refractivity contribution is 7.89. The van der Waals surface area contributed by atoms with Gasteiger partial charge in [0, 0.05) is 5.54 Å². The molecule has 0 aromatic heterocycles. The summed E-state index contributed by atoms with van der Waals surface area (Å²) in [5, 5.41) is 7.28. The van der Waals surface area contributed by atoms with E-state index in [-0.39, 0.29) is 5.02 Å². The Bertz CT molecular complexity index is 660. The van der Waals surface area contributed by atoms with Gasteiger partial charge >= 0.3 is 0 Å². The molecule has 21 heavy (non-hydrogen) atoms. The van der Waals surface area contributed by atoms with Crippen LogP contribution in [0.4, 0.5) is 4.39 Å². The van der Waals surface area contributed by atoms with Crippen molar-refractivity contribution >= 4 is 27.5 Å². The number of nitrogens with two attached hydrogens (primary N) is 1. The summed E-state index contributed by atoms with van der Waals surface area (Å²) >= 11 is 5.64. The second-order valence-corrected chi connectivity index (χ2v) is 7.33. The van der Waals surface area contributed by atoms with Crippen molar-refractivity contribution in [2.45, 2.75) is 44.0 Å². The summed E-state index contributed by atoms with van der Waals surface area (Å²) in [5.74, 6) is -1.62. The molecule has 5 nitrogen and oxygen atoms in total. The fourth-order valence-electron chi connectivity index (χ4n) is 1.98. The van der Waals surface area contributed by atoms with Crippen molar-refractivity contribution in [3.05, 3.63) is 28.5 Å². The Morgan fingerprint density at radius 3 is 2.48 bits per heavy atom. The molecule has 0 aliphatic rings. The third-order valence-corrected chi connectivity index (χ3v) is 4.28. The Hall–Kier alpha value is -1.18. The first kappa shape index (κ1) is 17.9. The van der Waals surface area contributed by atoms with E-state index in [4.69, 9.17) is 16.7 Å². The van der Waals surface area contributed by atoms with E-state index >= 15 is 0 Å². The fraction of sp³-hybridized carbons (Fsp3) is 0.462. The largest absolute Gasteiger partial charge is 0.347 e. The number of hydrogen-bond acceptors (Lipinski definition) is 3. The molecule has 118 valence electrons. The Labute approximate surface area is 128 Å². The highest BCUT2D eigenvalue weighted by Crippen LogP contribution is 2.24. The minimum Gasteiger partial charge on any atom is -0.347 e. The van der Waals surface area contributed by atoms with E-state index in [0.29, 0.717) is 6.42 Å². The highest BCUT2D eigenvalue weighted by Gasteiger charge is 2.25. The quantitative estimate of drug-likeness (QED) is 0.865. The van der Waals surface area contributed by atoms with Gasteiger partial charge in [-0.1, -0.05) is 24.9 Å². The number of amides is 1. The van der Waals surface area contributed by atoms with E-state index in [1.165, 1.54) is 0 Å². The molecule has 0 atom stereocenters. The van der Waals surface area contributed by atoms with Gasteiger partial charge in [-0.2, -0.15) is 0 Å². The van der Waals surface area contributed by atoms with E-state index in [2.05, 4.69) is 5.32 Å². The first-order valence-electron chi connectivity index (χ1n) is 6.32. The van der Waals surface area contributed by atoms with E-state index in [1.807, 2.05) is 6.92 Å². The molecule has 0 heterocycles. The van der Waals surface area contributed by atoms with Gasteiger partial charge in [-0.3, -0.25) is 4.79 Å². The SMILES string of the molecule is CCCC(C)(C)NC(=O)c1cc(S(N)(=O)=O)c(Cl)cc1F. The van der Waals surface area contributed by atoms with Crippen LogP contribution in [0.15, 0.2) is 17.0 Å². The summed E-state index contributed by atoms with van der Waals surface area (Å²) in [6.45, 7) is 5.54. The van der Waals surface area contributed by atoms with Crippen molar-refractivity contribution in [2.24, 2.45) is 5.14 Å². The first-order valence-corrected chi connectivity index (χ1v) is 8.24. The normalized spacial score (nSPS) is 12.3. The summed E-state index contributed by atoms with van der Waals surface area (Å²) in [6, 6.07) is 1.62. The number of hydrogen-bond donors (Lipinski definition) is 2. The van der Waals surface area contributed by atoms with Gasteiger partial charge < -0.3 is 5.32 Å². The van der Waals surface area contributed by atoms with Crippen LogP contribution in [0.3, 0.4) is 0 Å². The lowest BCUT2D eigenvalue weighted by Crippen LogP contribution is -2.43. The van der Waals surface area contributed by atoms with Gasteiger partial charge in [0.2, 0.25) is 10.0 Å².